The maximum Gasteiger partial charge on any atom is 0.240 e. The smallest absolute Gasteiger partial charge is 0.240 e. The number of methoxy groups -OCH3 is 1. The van der Waals surface area contributed by atoms with Crippen molar-refractivity contribution < 1.29 is 14.3 Å². The molecule has 0 aromatic carbocycles. The molecule has 1 fully saturated rings. The van der Waals surface area contributed by atoms with Crippen LogP contribution in [0.5, 0.6) is 0 Å². The second-order valence-electron chi connectivity index (χ2n) is 5.10. The Balaban J connectivity index is 2.49. The second kappa shape index (κ2) is 6.33. The van der Waals surface area contributed by atoms with Crippen molar-refractivity contribution >= 4 is 5.91 Å². The van der Waals surface area contributed by atoms with E-state index in [4.69, 9.17) is 15.2 Å². The van der Waals surface area contributed by atoms with Crippen molar-refractivity contribution in [3.63, 3.8) is 0 Å². The molecule has 5 nitrogen and oxygen atoms in total. The number of amides is 1. The highest BCUT2D eigenvalue weighted by molar-refractivity contribution is 5.82. The molecule has 0 bridgehead atoms. The molecule has 1 aliphatic rings. The first-order valence-corrected chi connectivity index (χ1v) is 6.13. The average molecular weight is 244 g/mol. The Morgan fingerprint density at radius 2 is 2.29 bits per heavy atom. The Morgan fingerprint density at radius 3 is 2.88 bits per heavy atom. The summed E-state index contributed by atoms with van der Waals surface area (Å²) in [4.78, 5) is 14.1. The molecule has 1 saturated heterocycles. The number of hydrogen-bond acceptors (Lipinski definition) is 4. The van der Waals surface area contributed by atoms with Gasteiger partial charge in [0.1, 0.15) is 0 Å². The first-order chi connectivity index (χ1) is 7.99. The number of carbonyl (C=O) groups is 1. The van der Waals surface area contributed by atoms with Crippen LogP contribution in [-0.2, 0) is 14.3 Å². The third kappa shape index (κ3) is 3.94. The number of nitrogens with zero attached hydrogens (tertiary/aromatic N) is 1. The van der Waals surface area contributed by atoms with Gasteiger partial charge in [-0.2, -0.15) is 0 Å². The molecule has 0 aromatic heterocycles. The molecule has 0 spiro atoms. The highest BCUT2D eigenvalue weighted by atomic mass is 16.5. The fourth-order valence-corrected chi connectivity index (χ4v) is 2.04. The summed E-state index contributed by atoms with van der Waals surface area (Å²) < 4.78 is 10.3. The SMILES string of the molecule is COCCCC(N)C(=O)N1CCOCC1(C)C. The van der Waals surface area contributed by atoms with Crippen molar-refractivity contribution in [1.29, 1.82) is 0 Å². The highest BCUT2D eigenvalue weighted by Gasteiger charge is 2.35. The number of ether oxygens (including phenoxy) is 2. The van der Waals surface area contributed by atoms with E-state index in [0.717, 1.165) is 6.42 Å². The summed E-state index contributed by atoms with van der Waals surface area (Å²) >= 11 is 0. The Labute approximate surface area is 103 Å². The maximum atomic E-state index is 12.2. The molecule has 0 aliphatic carbocycles. The van der Waals surface area contributed by atoms with Crippen molar-refractivity contribution in [3.8, 4) is 0 Å². The predicted octanol–water partition coefficient (Wildman–Crippen LogP) is 0.378. The molecule has 1 amide bonds. The maximum absolute atomic E-state index is 12.2. The van der Waals surface area contributed by atoms with Gasteiger partial charge in [-0.25, -0.2) is 0 Å². The summed E-state index contributed by atoms with van der Waals surface area (Å²) in [6.45, 7) is 6.46. The number of rotatable bonds is 5. The summed E-state index contributed by atoms with van der Waals surface area (Å²) in [6, 6.07) is -0.428. The first-order valence-electron chi connectivity index (χ1n) is 6.13. The van der Waals surface area contributed by atoms with Crippen molar-refractivity contribution in [2.75, 3.05) is 33.5 Å². The van der Waals surface area contributed by atoms with Crippen molar-refractivity contribution in [2.24, 2.45) is 5.73 Å². The standard InChI is InChI=1S/C12H24N2O3/c1-12(2)9-17-8-6-14(12)11(15)10(13)5-4-7-16-3/h10H,4-9,13H2,1-3H3. The third-order valence-corrected chi connectivity index (χ3v) is 3.09. The monoisotopic (exact) mass is 244 g/mol. The molecule has 1 aliphatic heterocycles. The zero-order valence-corrected chi connectivity index (χ0v) is 11.1. The first kappa shape index (κ1) is 14.4. The summed E-state index contributed by atoms with van der Waals surface area (Å²) in [5.41, 5.74) is 5.67. The van der Waals surface area contributed by atoms with E-state index in [1.165, 1.54) is 0 Å². The van der Waals surface area contributed by atoms with Gasteiger partial charge >= 0.3 is 0 Å². The lowest BCUT2D eigenvalue weighted by Gasteiger charge is -2.43. The Bertz CT molecular complexity index is 256. The number of carbonyl (C=O) groups excluding carboxylic acids is 1. The lowest BCUT2D eigenvalue weighted by molar-refractivity contribution is -0.147. The van der Waals surface area contributed by atoms with E-state index in [1.807, 2.05) is 18.7 Å². The Kier molecular flexibility index (Phi) is 5.36. The second-order valence-corrected chi connectivity index (χ2v) is 5.10. The fourth-order valence-electron chi connectivity index (χ4n) is 2.04. The number of nitrogens with two attached hydrogens (primary N) is 1. The van der Waals surface area contributed by atoms with Crippen LogP contribution in [0.3, 0.4) is 0 Å². The molecule has 0 radical (unpaired) electrons. The molecule has 5 heteroatoms. The quantitative estimate of drug-likeness (QED) is 0.710. The summed E-state index contributed by atoms with van der Waals surface area (Å²) in [6.07, 6.45) is 1.48. The van der Waals surface area contributed by atoms with Crippen molar-refractivity contribution in [1.82, 2.24) is 4.90 Å². The van der Waals surface area contributed by atoms with E-state index >= 15 is 0 Å². The van der Waals surface area contributed by atoms with Gasteiger partial charge in [-0.15, -0.1) is 0 Å². The average Bonchev–Trinajstić information content (AvgIpc) is 2.28. The largest absolute Gasteiger partial charge is 0.385 e. The number of morpholine rings is 1. The van der Waals surface area contributed by atoms with Crippen LogP contribution in [0.1, 0.15) is 26.7 Å². The minimum atomic E-state index is -0.428. The zero-order valence-electron chi connectivity index (χ0n) is 11.1. The fraction of sp³-hybridized carbons (Fsp3) is 0.917. The van der Waals surface area contributed by atoms with Crippen LogP contribution in [-0.4, -0.2) is 55.9 Å². The molecule has 0 aromatic rings. The summed E-state index contributed by atoms with van der Waals surface area (Å²) in [5.74, 6) is 0.0226. The zero-order chi connectivity index (χ0) is 12.9. The highest BCUT2D eigenvalue weighted by Crippen LogP contribution is 2.20. The van der Waals surface area contributed by atoms with Gasteiger partial charge in [0, 0.05) is 20.3 Å². The van der Waals surface area contributed by atoms with Gasteiger partial charge in [0.15, 0.2) is 0 Å². The normalized spacial score (nSPS) is 21.3. The van der Waals surface area contributed by atoms with E-state index in [9.17, 15) is 4.79 Å². The molecule has 2 N–H and O–H groups in total. The van der Waals surface area contributed by atoms with Gasteiger partial charge in [0.2, 0.25) is 5.91 Å². The van der Waals surface area contributed by atoms with Crippen LogP contribution in [0.2, 0.25) is 0 Å². The van der Waals surface area contributed by atoms with Gasteiger partial charge in [-0.05, 0) is 26.7 Å². The van der Waals surface area contributed by atoms with E-state index in [0.29, 0.717) is 32.8 Å². The minimum absolute atomic E-state index is 0.0226. The van der Waals surface area contributed by atoms with Gasteiger partial charge in [0.05, 0.1) is 24.8 Å². The summed E-state index contributed by atoms with van der Waals surface area (Å²) in [7, 11) is 1.65. The Morgan fingerprint density at radius 1 is 1.59 bits per heavy atom. The predicted molar refractivity (Wildman–Crippen MR) is 65.7 cm³/mol. The molecule has 17 heavy (non-hydrogen) atoms. The van der Waals surface area contributed by atoms with Crippen LogP contribution >= 0.6 is 0 Å². The van der Waals surface area contributed by atoms with Gasteiger partial charge < -0.3 is 20.1 Å². The molecular weight excluding hydrogens is 220 g/mol. The van der Waals surface area contributed by atoms with Gasteiger partial charge in [-0.3, -0.25) is 4.79 Å². The van der Waals surface area contributed by atoms with Gasteiger partial charge in [-0.1, -0.05) is 0 Å². The van der Waals surface area contributed by atoms with Gasteiger partial charge in [0.25, 0.3) is 0 Å². The topological polar surface area (TPSA) is 64.8 Å². The van der Waals surface area contributed by atoms with E-state index < -0.39 is 6.04 Å². The molecule has 1 unspecified atom stereocenters. The van der Waals surface area contributed by atoms with Crippen LogP contribution in [0.15, 0.2) is 0 Å². The molecule has 1 rings (SSSR count). The minimum Gasteiger partial charge on any atom is -0.385 e. The van der Waals surface area contributed by atoms with E-state index in [2.05, 4.69) is 0 Å². The molecular formula is C12H24N2O3. The molecule has 0 saturated carbocycles. The van der Waals surface area contributed by atoms with Crippen LogP contribution in [0.4, 0.5) is 0 Å². The van der Waals surface area contributed by atoms with Crippen molar-refractivity contribution in [3.05, 3.63) is 0 Å². The van der Waals surface area contributed by atoms with Crippen LogP contribution in [0.25, 0.3) is 0 Å². The molecule has 100 valence electrons. The number of hydrogen-bond donors (Lipinski definition) is 1. The van der Waals surface area contributed by atoms with E-state index in [1.54, 1.807) is 7.11 Å². The molecule has 1 heterocycles. The van der Waals surface area contributed by atoms with Crippen LogP contribution < -0.4 is 5.73 Å². The molecule has 1 atom stereocenters. The van der Waals surface area contributed by atoms with Crippen molar-refractivity contribution in [2.45, 2.75) is 38.3 Å². The lowest BCUT2D eigenvalue weighted by atomic mass is 10.00. The van der Waals surface area contributed by atoms with E-state index in [-0.39, 0.29) is 11.4 Å². The van der Waals surface area contributed by atoms with Crippen LogP contribution in [0, 0.1) is 0 Å². The summed E-state index contributed by atoms with van der Waals surface area (Å²) in [5, 5.41) is 0. The third-order valence-electron chi connectivity index (χ3n) is 3.09. The lowest BCUT2D eigenvalue weighted by Crippen LogP contribution is -2.59. The Hall–Kier alpha value is -0.650.